The topological polar surface area (TPSA) is 76.7 Å². The summed E-state index contributed by atoms with van der Waals surface area (Å²) in [7, 11) is 1.50. The van der Waals surface area contributed by atoms with Gasteiger partial charge in [0.25, 0.3) is 5.91 Å². The normalized spacial score (nSPS) is 9.92. The molecule has 2 aromatic rings. The number of carbonyl (C=O) groups is 2. The fraction of sp³-hybridized carbons (Fsp3) is 0.222. The van der Waals surface area contributed by atoms with E-state index < -0.39 is 5.91 Å². The quantitative estimate of drug-likeness (QED) is 0.796. The van der Waals surface area contributed by atoms with Gasteiger partial charge in [0.2, 0.25) is 5.91 Å². The maximum atomic E-state index is 12.1. The van der Waals surface area contributed by atoms with Crippen molar-refractivity contribution in [1.82, 2.24) is 10.9 Å². The van der Waals surface area contributed by atoms with E-state index in [4.69, 9.17) is 9.47 Å². The van der Waals surface area contributed by atoms with Crippen LogP contribution in [0.4, 0.5) is 0 Å². The van der Waals surface area contributed by atoms with Crippen molar-refractivity contribution in [3.05, 3.63) is 59.7 Å². The zero-order chi connectivity index (χ0) is 17.4. The molecule has 24 heavy (non-hydrogen) atoms. The van der Waals surface area contributed by atoms with E-state index in [2.05, 4.69) is 10.9 Å². The summed E-state index contributed by atoms with van der Waals surface area (Å²) in [5.41, 5.74) is 6.01. The van der Waals surface area contributed by atoms with Crippen LogP contribution in [0, 0.1) is 0 Å². The monoisotopic (exact) mass is 328 g/mol. The molecule has 6 heteroatoms. The summed E-state index contributed by atoms with van der Waals surface area (Å²) in [5.74, 6) is 0.287. The molecule has 126 valence electrons. The number of carbonyl (C=O) groups excluding carboxylic acids is 2. The van der Waals surface area contributed by atoms with Crippen LogP contribution in [0.15, 0.2) is 48.5 Å². The highest BCUT2D eigenvalue weighted by Gasteiger charge is 2.12. The number of methoxy groups -OCH3 is 1. The van der Waals surface area contributed by atoms with E-state index in [-0.39, 0.29) is 12.3 Å². The van der Waals surface area contributed by atoms with Crippen LogP contribution in [0.1, 0.15) is 22.8 Å². The van der Waals surface area contributed by atoms with Crippen LogP contribution in [0.25, 0.3) is 0 Å². The summed E-state index contributed by atoms with van der Waals surface area (Å²) in [5, 5.41) is 0. The standard InChI is InChI=1S/C18H20N2O4/c1-3-24-15-10-9-14(12-16(15)23-2)18(22)20-19-17(21)11-13-7-5-4-6-8-13/h4-10,12H,3,11H2,1-2H3,(H,19,21)(H,20,22). The van der Waals surface area contributed by atoms with E-state index in [1.54, 1.807) is 18.2 Å². The molecule has 0 saturated carbocycles. The number of benzene rings is 2. The first-order valence-corrected chi connectivity index (χ1v) is 7.58. The number of hydrazine groups is 1. The van der Waals surface area contributed by atoms with Gasteiger partial charge < -0.3 is 9.47 Å². The fourth-order valence-corrected chi connectivity index (χ4v) is 2.11. The molecule has 0 fully saturated rings. The maximum Gasteiger partial charge on any atom is 0.269 e. The second kappa shape index (κ2) is 8.57. The van der Waals surface area contributed by atoms with Gasteiger partial charge in [0, 0.05) is 5.56 Å². The Morgan fingerprint density at radius 1 is 1.00 bits per heavy atom. The highest BCUT2D eigenvalue weighted by Crippen LogP contribution is 2.27. The molecule has 2 N–H and O–H groups in total. The van der Waals surface area contributed by atoms with Crippen LogP contribution < -0.4 is 20.3 Å². The second-order valence-electron chi connectivity index (χ2n) is 4.96. The smallest absolute Gasteiger partial charge is 0.269 e. The summed E-state index contributed by atoms with van der Waals surface area (Å²) < 4.78 is 10.6. The van der Waals surface area contributed by atoms with Gasteiger partial charge in [0.15, 0.2) is 11.5 Å². The van der Waals surface area contributed by atoms with Gasteiger partial charge in [-0.05, 0) is 30.7 Å². The summed E-state index contributed by atoms with van der Waals surface area (Å²) in [6.07, 6.45) is 0.188. The predicted molar refractivity (Wildman–Crippen MR) is 89.9 cm³/mol. The van der Waals surface area contributed by atoms with Crippen LogP contribution in [-0.2, 0) is 11.2 Å². The number of rotatable bonds is 6. The van der Waals surface area contributed by atoms with Crippen molar-refractivity contribution in [2.45, 2.75) is 13.3 Å². The third-order valence-electron chi connectivity index (χ3n) is 3.25. The van der Waals surface area contributed by atoms with Gasteiger partial charge >= 0.3 is 0 Å². The van der Waals surface area contributed by atoms with Crippen molar-refractivity contribution >= 4 is 11.8 Å². The minimum absolute atomic E-state index is 0.188. The van der Waals surface area contributed by atoms with Gasteiger partial charge in [-0.3, -0.25) is 20.4 Å². The molecular formula is C18H20N2O4. The summed E-state index contributed by atoms with van der Waals surface area (Å²) in [6, 6.07) is 14.1. The van der Waals surface area contributed by atoms with E-state index in [9.17, 15) is 9.59 Å². The van der Waals surface area contributed by atoms with Crippen LogP contribution in [0.2, 0.25) is 0 Å². The van der Waals surface area contributed by atoms with Crippen molar-refractivity contribution in [3.8, 4) is 11.5 Å². The lowest BCUT2D eigenvalue weighted by Gasteiger charge is -2.11. The Morgan fingerprint density at radius 2 is 1.75 bits per heavy atom. The molecule has 0 heterocycles. The zero-order valence-corrected chi connectivity index (χ0v) is 13.7. The Balaban J connectivity index is 1.93. The number of hydrogen-bond acceptors (Lipinski definition) is 4. The molecule has 2 amide bonds. The molecule has 0 aliphatic carbocycles. The van der Waals surface area contributed by atoms with Crippen molar-refractivity contribution in [1.29, 1.82) is 0 Å². The van der Waals surface area contributed by atoms with Gasteiger partial charge in [-0.1, -0.05) is 30.3 Å². The average Bonchev–Trinajstić information content (AvgIpc) is 2.61. The number of amides is 2. The van der Waals surface area contributed by atoms with Crippen molar-refractivity contribution < 1.29 is 19.1 Å². The molecule has 0 aliphatic heterocycles. The third kappa shape index (κ3) is 4.74. The van der Waals surface area contributed by atoms with E-state index in [0.29, 0.717) is 23.7 Å². The first-order valence-electron chi connectivity index (χ1n) is 7.58. The molecule has 0 unspecified atom stereocenters. The maximum absolute atomic E-state index is 12.1. The first-order chi connectivity index (χ1) is 11.6. The Kier molecular flexibility index (Phi) is 6.19. The minimum Gasteiger partial charge on any atom is -0.493 e. The van der Waals surface area contributed by atoms with E-state index in [1.807, 2.05) is 37.3 Å². The predicted octanol–water partition coefficient (Wildman–Crippen LogP) is 2.10. The van der Waals surface area contributed by atoms with Crippen LogP contribution in [0.5, 0.6) is 11.5 Å². The summed E-state index contributed by atoms with van der Waals surface area (Å²) in [6.45, 7) is 2.36. The second-order valence-corrected chi connectivity index (χ2v) is 4.96. The van der Waals surface area contributed by atoms with Gasteiger partial charge in [0.1, 0.15) is 0 Å². The molecule has 0 radical (unpaired) electrons. The SMILES string of the molecule is CCOc1ccc(C(=O)NNC(=O)Cc2ccccc2)cc1OC. The molecule has 6 nitrogen and oxygen atoms in total. The lowest BCUT2D eigenvalue weighted by Crippen LogP contribution is -2.42. The minimum atomic E-state index is -0.433. The fourth-order valence-electron chi connectivity index (χ4n) is 2.11. The highest BCUT2D eigenvalue weighted by molar-refractivity contribution is 5.96. The Bertz CT molecular complexity index is 701. The first kappa shape index (κ1) is 17.3. The highest BCUT2D eigenvalue weighted by atomic mass is 16.5. The lowest BCUT2D eigenvalue weighted by atomic mass is 10.1. The Hall–Kier alpha value is -3.02. The van der Waals surface area contributed by atoms with Crippen LogP contribution in [-0.4, -0.2) is 25.5 Å². The lowest BCUT2D eigenvalue weighted by molar-refractivity contribution is -0.121. The van der Waals surface area contributed by atoms with Gasteiger partial charge in [-0.15, -0.1) is 0 Å². The molecule has 2 aromatic carbocycles. The van der Waals surface area contributed by atoms with E-state index in [0.717, 1.165) is 5.56 Å². The largest absolute Gasteiger partial charge is 0.493 e. The average molecular weight is 328 g/mol. The molecule has 2 rings (SSSR count). The van der Waals surface area contributed by atoms with Gasteiger partial charge in [-0.2, -0.15) is 0 Å². The summed E-state index contributed by atoms with van der Waals surface area (Å²) >= 11 is 0. The Morgan fingerprint density at radius 3 is 2.42 bits per heavy atom. The number of hydrogen-bond donors (Lipinski definition) is 2. The third-order valence-corrected chi connectivity index (χ3v) is 3.25. The molecule has 0 spiro atoms. The molecule has 0 aliphatic rings. The van der Waals surface area contributed by atoms with Crippen molar-refractivity contribution in [2.75, 3.05) is 13.7 Å². The zero-order valence-electron chi connectivity index (χ0n) is 13.7. The van der Waals surface area contributed by atoms with Crippen molar-refractivity contribution in [2.24, 2.45) is 0 Å². The molecule has 0 bridgehead atoms. The van der Waals surface area contributed by atoms with Crippen LogP contribution >= 0.6 is 0 Å². The molecule has 0 saturated heterocycles. The number of nitrogens with one attached hydrogen (secondary N) is 2. The van der Waals surface area contributed by atoms with Gasteiger partial charge in [0.05, 0.1) is 20.1 Å². The molecule has 0 aromatic heterocycles. The number of ether oxygens (including phenoxy) is 2. The molecule has 0 atom stereocenters. The van der Waals surface area contributed by atoms with Crippen molar-refractivity contribution in [3.63, 3.8) is 0 Å². The van der Waals surface area contributed by atoms with Crippen LogP contribution in [0.3, 0.4) is 0 Å². The molecular weight excluding hydrogens is 308 g/mol. The Labute approximate surface area is 140 Å². The van der Waals surface area contributed by atoms with E-state index in [1.165, 1.54) is 7.11 Å². The summed E-state index contributed by atoms with van der Waals surface area (Å²) in [4.78, 5) is 24.0. The van der Waals surface area contributed by atoms with Gasteiger partial charge in [-0.25, -0.2) is 0 Å². The van der Waals surface area contributed by atoms with E-state index >= 15 is 0 Å².